The molecule has 0 aliphatic heterocycles. The normalized spacial score (nSPS) is 11.0. The van der Waals surface area contributed by atoms with Gasteiger partial charge in [-0.25, -0.2) is 0 Å². The van der Waals surface area contributed by atoms with Crippen molar-refractivity contribution >= 4 is 46.2 Å². The summed E-state index contributed by atoms with van der Waals surface area (Å²) in [6.45, 7) is 5.61. The van der Waals surface area contributed by atoms with Gasteiger partial charge < -0.3 is 20.4 Å². The number of ketones is 4. The van der Waals surface area contributed by atoms with E-state index in [1.165, 1.54) is 52.0 Å². The number of allylic oxidation sites excluding steroid dienone is 4. The van der Waals surface area contributed by atoms with Crippen LogP contribution in [0, 0.1) is 0 Å². The van der Waals surface area contributed by atoms with Crippen molar-refractivity contribution in [3.8, 4) is 0 Å². The van der Waals surface area contributed by atoms with Gasteiger partial charge in [-0.2, -0.15) is 0 Å². The fourth-order valence-corrected chi connectivity index (χ4v) is 3.54. The summed E-state index contributed by atoms with van der Waals surface area (Å²) in [6, 6.07) is 35.8. The van der Waals surface area contributed by atoms with E-state index >= 15 is 0 Å². The third kappa shape index (κ3) is 20.5. The van der Waals surface area contributed by atoms with Gasteiger partial charge in [-0.05, 0) is 27.7 Å². The number of aliphatic hydroxyl groups excluding tert-OH is 4. The van der Waals surface area contributed by atoms with Crippen molar-refractivity contribution in [2.24, 2.45) is 0 Å². The first-order valence-electron chi connectivity index (χ1n) is 14.7. The Morgan fingerprint density at radius 3 is 0.612 bits per heavy atom. The average molecular weight is 740 g/mol. The Kier molecular flexibility index (Phi) is 22.0. The molecular formula is C40H40O8Zr. The van der Waals surface area contributed by atoms with Crippen LogP contribution in [0.3, 0.4) is 0 Å². The van der Waals surface area contributed by atoms with Crippen LogP contribution in [0.1, 0.15) is 49.9 Å². The second-order valence-corrected chi connectivity index (χ2v) is 10.0. The minimum atomic E-state index is -0.156. The molecule has 0 unspecified atom stereocenters. The van der Waals surface area contributed by atoms with Gasteiger partial charge in [0.25, 0.3) is 0 Å². The number of aliphatic hydroxyl groups is 4. The quantitative estimate of drug-likeness (QED) is 0.104. The van der Waals surface area contributed by atoms with E-state index in [2.05, 4.69) is 0 Å². The number of hydrogen-bond acceptors (Lipinski definition) is 8. The molecule has 0 saturated heterocycles. The fraction of sp³-hybridized carbons (Fsp3) is 0.100. The van der Waals surface area contributed by atoms with Crippen LogP contribution in [0.25, 0.3) is 23.0 Å². The molecule has 252 valence electrons. The molecule has 0 radical (unpaired) electrons. The third-order valence-electron chi connectivity index (χ3n) is 5.64. The Morgan fingerprint density at radius 1 is 0.347 bits per heavy atom. The zero-order valence-corrected chi connectivity index (χ0v) is 30.2. The first-order valence-corrected chi connectivity index (χ1v) is 14.7. The molecule has 4 aromatic rings. The summed E-state index contributed by atoms with van der Waals surface area (Å²) in [4.78, 5) is 42.4. The molecule has 0 saturated carbocycles. The SMILES string of the molecule is CC(=O)C=C(O)c1ccccc1.CC(=O)C=C(O)c1ccccc1.CC(=O)C=C(O)c1ccccc1.CC(=O)C=C(O)c1ccccc1.[Zr]. The summed E-state index contributed by atoms with van der Waals surface area (Å²) in [6.07, 6.45) is 4.81. The van der Waals surface area contributed by atoms with E-state index in [0.29, 0.717) is 22.3 Å². The van der Waals surface area contributed by atoms with Crippen molar-refractivity contribution in [1.29, 1.82) is 0 Å². The Bertz CT molecular complexity index is 1460. The molecule has 4 N–H and O–H groups in total. The van der Waals surface area contributed by atoms with E-state index in [0.717, 1.165) is 0 Å². The van der Waals surface area contributed by atoms with Gasteiger partial charge >= 0.3 is 0 Å². The number of carbonyl (C=O) groups excluding carboxylic acids is 4. The van der Waals surface area contributed by atoms with Gasteiger partial charge in [0.15, 0.2) is 23.1 Å². The second kappa shape index (κ2) is 24.7. The van der Waals surface area contributed by atoms with Gasteiger partial charge in [0.2, 0.25) is 0 Å². The maximum Gasteiger partial charge on any atom is 0.156 e. The fourth-order valence-electron chi connectivity index (χ4n) is 3.54. The molecule has 49 heavy (non-hydrogen) atoms. The van der Waals surface area contributed by atoms with Crippen LogP contribution in [-0.4, -0.2) is 43.6 Å². The summed E-state index contributed by atoms with van der Waals surface area (Å²) in [5.74, 6) is -0.558. The smallest absolute Gasteiger partial charge is 0.156 e. The molecule has 0 bridgehead atoms. The van der Waals surface area contributed by atoms with Gasteiger partial charge in [-0.1, -0.05) is 121 Å². The molecule has 4 aromatic carbocycles. The van der Waals surface area contributed by atoms with Crippen molar-refractivity contribution in [2.45, 2.75) is 27.7 Å². The number of hydrogen-bond donors (Lipinski definition) is 4. The zero-order valence-electron chi connectivity index (χ0n) is 27.8. The van der Waals surface area contributed by atoms with Gasteiger partial charge in [0.05, 0.1) is 0 Å². The molecule has 0 aliphatic carbocycles. The molecule has 0 heterocycles. The summed E-state index contributed by atoms with van der Waals surface area (Å²) in [5.41, 5.74) is 2.64. The van der Waals surface area contributed by atoms with E-state index in [4.69, 9.17) is 0 Å². The first kappa shape index (κ1) is 43.6. The minimum Gasteiger partial charge on any atom is -0.507 e. The standard InChI is InChI=1S/4C10H10O2.Zr/c4*1-8(11)7-10(12)9-5-3-2-4-6-9;/h4*2-7,12H,1H3;. The van der Waals surface area contributed by atoms with Crippen LogP contribution < -0.4 is 0 Å². The Balaban J connectivity index is 0.000000623. The van der Waals surface area contributed by atoms with Crippen LogP contribution in [0.4, 0.5) is 0 Å². The first-order chi connectivity index (χ1) is 22.8. The van der Waals surface area contributed by atoms with Crippen molar-refractivity contribution in [3.63, 3.8) is 0 Å². The van der Waals surface area contributed by atoms with Crippen LogP contribution in [-0.2, 0) is 45.4 Å². The van der Waals surface area contributed by atoms with E-state index in [-0.39, 0.29) is 72.4 Å². The summed E-state index contributed by atoms with van der Waals surface area (Å²) < 4.78 is 0. The predicted molar refractivity (Wildman–Crippen MR) is 191 cm³/mol. The maximum atomic E-state index is 10.6. The van der Waals surface area contributed by atoms with Crippen LogP contribution in [0.2, 0.25) is 0 Å². The van der Waals surface area contributed by atoms with Gasteiger partial charge in [0.1, 0.15) is 23.0 Å². The molecule has 9 heteroatoms. The van der Waals surface area contributed by atoms with E-state index in [9.17, 15) is 39.6 Å². The zero-order chi connectivity index (χ0) is 35.9. The average Bonchev–Trinajstić information content (AvgIpc) is 3.06. The van der Waals surface area contributed by atoms with Crippen molar-refractivity contribution in [3.05, 3.63) is 168 Å². The van der Waals surface area contributed by atoms with Crippen molar-refractivity contribution in [2.75, 3.05) is 0 Å². The number of benzene rings is 4. The Morgan fingerprint density at radius 2 is 0.490 bits per heavy atom. The predicted octanol–water partition coefficient (Wildman–Crippen LogP) is 8.70. The number of carbonyl (C=O) groups is 4. The van der Waals surface area contributed by atoms with Gasteiger partial charge in [0, 0.05) is 72.8 Å². The third-order valence-corrected chi connectivity index (χ3v) is 5.64. The molecule has 0 aromatic heterocycles. The van der Waals surface area contributed by atoms with Crippen molar-refractivity contribution in [1.82, 2.24) is 0 Å². The molecule has 0 spiro atoms. The van der Waals surface area contributed by atoms with E-state index in [1.54, 1.807) is 97.1 Å². The molecule has 0 aliphatic rings. The topological polar surface area (TPSA) is 149 Å². The summed E-state index contributed by atoms with van der Waals surface area (Å²) >= 11 is 0. The molecule has 0 fully saturated rings. The molecule has 4 rings (SSSR count). The summed E-state index contributed by atoms with van der Waals surface area (Å²) in [5, 5.41) is 37.3. The summed E-state index contributed by atoms with van der Waals surface area (Å²) in [7, 11) is 0. The molecule has 8 nitrogen and oxygen atoms in total. The van der Waals surface area contributed by atoms with Gasteiger partial charge in [-0.15, -0.1) is 0 Å². The van der Waals surface area contributed by atoms with Crippen molar-refractivity contribution < 1.29 is 65.8 Å². The maximum absolute atomic E-state index is 10.6. The molecule has 0 amide bonds. The number of rotatable bonds is 8. The Labute approximate surface area is 306 Å². The molecular weight excluding hydrogens is 700 g/mol. The van der Waals surface area contributed by atoms with Crippen LogP contribution in [0.5, 0.6) is 0 Å². The van der Waals surface area contributed by atoms with Crippen LogP contribution in [0.15, 0.2) is 146 Å². The molecule has 0 atom stereocenters. The van der Waals surface area contributed by atoms with Gasteiger partial charge in [-0.3, -0.25) is 19.2 Å². The van der Waals surface area contributed by atoms with E-state index in [1.807, 2.05) is 24.3 Å². The monoisotopic (exact) mass is 738 g/mol. The Hall–Kier alpha value is -5.40. The van der Waals surface area contributed by atoms with E-state index < -0.39 is 0 Å². The second-order valence-electron chi connectivity index (χ2n) is 10.0. The minimum absolute atomic E-state index is 0. The van der Waals surface area contributed by atoms with Crippen LogP contribution >= 0.6 is 0 Å². The largest absolute Gasteiger partial charge is 0.507 e.